The van der Waals surface area contributed by atoms with Gasteiger partial charge in [0.1, 0.15) is 18.1 Å². The molecule has 158 valence electrons. The van der Waals surface area contributed by atoms with Gasteiger partial charge in [0.25, 0.3) is 0 Å². The minimum Gasteiger partial charge on any atom is -0.493 e. The summed E-state index contributed by atoms with van der Waals surface area (Å²) in [5.74, 6) is 2.08. The zero-order valence-electron chi connectivity index (χ0n) is 16.8. The SMILES string of the molecule is COc1cccc(/C=C2\Oc3cc(OCc4ccc(Cl)c(Cl)c4)ccc3C2=O)c1OC. The van der Waals surface area contributed by atoms with Crippen molar-refractivity contribution in [3.05, 3.63) is 87.1 Å². The van der Waals surface area contributed by atoms with Crippen LogP contribution in [0.15, 0.2) is 60.4 Å². The largest absolute Gasteiger partial charge is 0.493 e. The Kier molecular flexibility index (Phi) is 6.07. The monoisotopic (exact) mass is 456 g/mol. The number of Topliss-reactive ketones (excluding diaryl/α,β-unsaturated/α-hetero) is 1. The number of allylic oxidation sites excluding steroid dienone is 1. The van der Waals surface area contributed by atoms with E-state index in [1.165, 1.54) is 0 Å². The number of hydrogen-bond donors (Lipinski definition) is 0. The van der Waals surface area contributed by atoms with E-state index >= 15 is 0 Å². The molecule has 3 aromatic rings. The lowest BCUT2D eigenvalue weighted by atomic mass is 10.1. The molecule has 0 amide bonds. The number of halogens is 2. The molecule has 7 heteroatoms. The molecule has 1 aliphatic rings. The molecule has 0 bridgehead atoms. The van der Waals surface area contributed by atoms with Gasteiger partial charge in [-0.25, -0.2) is 0 Å². The number of para-hydroxylation sites is 1. The van der Waals surface area contributed by atoms with Crippen molar-refractivity contribution in [2.24, 2.45) is 0 Å². The van der Waals surface area contributed by atoms with Gasteiger partial charge >= 0.3 is 0 Å². The molecule has 0 unspecified atom stereocenters. The first-order chi connectivity index (χ1) is 15.0. The lowest BCUT2D eigenvalue weighted by Crippen LogP contribution is -1.99. The number of fused-ring (bicyclic) bond motifs is 1. The second-order valence-corrected chi connectivity index (χ2v) is 7.53. The van der Waals surface area contributed by atoms with Gasteiger partial charge in [-0.15, -0.1) is 0 Å². The zero-order chi connectivity index (χ0) is 22.0. The van der Waals surface area contributed by atoms with Gasteiger partial charge in [0, 0.05) is 11.6 Å². The van der Waals surface area contributed by atoms with Crippen molar-refractivity contribution in [2.75, 3.05) is 14.2 Å². The highest BCUT2D eigenvalue weighted by Crippen LogP contribution is 2.37. The van der Waals surface area contributed by atoms with Crippen LogP contribution < -0.4 is 18.9 Å². The fourth-order valence-electron chi connectivity index (χ4n) is 3.22. The number of hydrogen-bond acceptors (Lipinski definition) is 5. The molecular formula is C24H18Cl2O5. The van der Waals surface area contributed by atoms with Crippen molar-refractivity contribution in [3.63, 3.8) is 0 Å². The molecule has 3 aromatic carbocycles. The summed E-state index contributed by atoms with van der Waals surface area (Å²) in [6, 6.07) is 15.8. The van der Waals surface area contributed by atoms with Gasteiger partial charge in [0.2, 0.25) is 5.78 Å². The average molecular weight is 457 g/mol. The number of methoxy groups -OCH3 is 2. The molecule has 0 radical (unpaired) electrons. The first-order valence-electron chi connectivity index (χ1n) is 9.36. The van der Waals surface area contributed by atoms with Crippen LogP contribution in [0.1, 0.15) is 21.5 Å². The zero-order valence-corrected chi connectivity index (χ0v) is 18.3. The molecule has 1 aliphatic heterocycles. The van der Waals surface area contributed by atoms with E-state index in [1.807, 2.05) is 18.2 Å². The van der Waals surface area contributed by atoms with Gasteiger partial charge in [-0.05, 0) is 42.0 Å². The summed E-state index contributed by atoms with van der Waals surface area (Å²) in [5, 5.41) is 0.954. The average Bonchev–Trinajstić information content (AvgIpc) is 3.09. The van der Waals surface area contributed by atoms with E-state index in [0.29, 0.717) is 50.8 Å². The summed E-state index contributed by atoms with van der Waals surface area (Å²) < 4.78 is 22.4. The molecular weight excluding hydrogens is 439 g/mol. The van der Waals surface area contributed by atoms with Gasteiger partial charge in [0.05, 0.1) is 29.8 Å². The van der Waals surface area contributed by atoms with Crippen LogP contribution in [-0.2, 0) is 6.61 Å². The third kappa shape index (κ3) is 4.33. The van der Waals surface area contributed by atoms with Gasteiger partial charge in [-0.3, -0.25) is 4.79 Å². The molecule has 0 atom stereocenters. The Morgan fingerprint density at radius 3 is 2.55 bits per heavy atom. The van der Waals surface area contributed by atoms with Crippen LogP contribution in [0.2, 0.25) is 10.0 Å². The number of rotatable bonds is 6. The molecule has 5 nitrogen and oxygen atoms in total. The maximum Gasteiger partial charge on any atom is 0.231 e. The molecule has 0 aromatic heterocycles. The molecule has 31 heavy (non-hydrogen) atoms. The Morgan fingerprint density at radius 1 is 0.968 bits per heavy atom. The highest BCUT2D eigenvalue weighted by molar-refractivity contribution is 6.42. The van der Waals surface area contributed by atoms with Gasteiger partial charge in [-0.2, -0.15) is 0 Å². The normalized spacial score (nSPS) is 13.7. The topological polar surface area (TPSA) is 54.0 Å². The third-order valence-electron chi connectivity index (χ3n) is 4.75. The quantitative estimate of drug-likeness (QED) is 0.412. The highest BCUT2D eigenvalue weighted by Gasteiger charge is 2.28. The fourth-order valence-corrected chi connectivity index (χ4v) is 3.54. The third-order valence-corrected chi connectivity index (χ3v) is 5.49. The molecule has 0 spiro atoms. The number of ketones is 1. The number of benzene rings is 3. The number of carbonyl (C=O) groups is 1. The Morgan fingerprint density at radius 2 is 1.81 bits per heavy atom. The van der Waals surface area contributed by atoms with Crippen LogP contribution in [0.3, 0.4) is 0 Å². The molecule has 1 heterocycles. The van der Waals surface area contributed by atoms with Gasteiger partial charge in [-0.1, -0.05) is 41.4 Å². The van der Waals surface area contributed by atoms with Crippen molar-refractivity contribution < 1.29 is 23.7 Å². The molecule has 4 rings (SSSR count). The summed E-state index contributed by atoms with van der Waals surface area (Å²) >= 11 is 12.0. The molecule has 0 saturated heterocycles. The van der Waals surface area contributed by atoms with E-state index in [1.54, 1.807) is 56.7 Å². The fraction of sp³-hybridized carbons (Fsp3) is 0.125. The summed E-state index contributed by atoms with van der Waals surface area (Å²) in [6.45, 7) is 0.299. The van der Waals surface area contributed by atoms with Crippen LogP contribution in [0.25, 0.3) is 6.08 Å². The van der Waals surface area contributed by atoms with E-state index in [4.69, 9.17) is 42.1 Å². The Balaban J connectivity index is 1.54. The minimum absolute atomic E-state index is 0.197. The number of ether oxygens (including phenoxy) is 4. The van der Waals surface area contributed by atoms with Gasteiger partial charge < -0.3 is 18.9 Å². The standard InChI is InChI=1S/C24H18Cl2O5/c1-28-20-5-3-4-15(24(20)29-2)11-22-23(27)17-8-7-16(12-21(17)31-22)30-13-14-6-9-18(25)19(26)10-14/h3-12H,13H2,1-2H3/b22-11-. The first kappa shape index (κ1) is 21.1. The molecule has 0 N–H and O–H groups in total. The summed E-state index contributed by atoms with van der Waals surface area (Å²) in [6.07, 6.45) is 1.64. The van der Waals surface area contributed by atoms with Crippen molar-refractivity contribution in [1.29, 1.82) is 0 Å². The molecule has 0 aliphatic carbocycles. The van der Waals surface area contributed by atoms with Crippen LogP contribution in [0, 0.1) is 0 Å². The van der Waals surface area contributed by atoms with Crippen molar-refractivity contribution in [2.45, 2.75) is 6.61 Å². The Hall–Kier alpha value is -3.15. The second kappa shape index (κ2) is 8.92. The van der Waals surface area contributed by atoms with Crippen molar-refractivity contribution in [3.8, 4) is 23.0 Å². The predicted molar refractivity (Wildman–Crippen MR) is 120 cm³/mol. The van der Waals surface area contributed by atoms with E-state index in [-0.39, 0.29) is 11.5 Å². The van der Waals surface area contributed by atoms with Crippen molar-refractivity contribution >= 4 is 35.1 Å². The Labute approximate surface area is 189 Å². The summed E-state index contributed by atoms with van der Waals surface area (Å²) in [7, 11) is 3.10. The van der Waals surface area contributed by atoms with E-state index < -0.39 is 0 Å². The van der Waals surface area contributed by atoms with Gasteiger partial charge in [0.15, 0.2) is 17.3 Å². The van der Waals surface area contributed by atoms with Crippen LogP contribution in [-0.4, -0.2) is 20.0 Å². The van der Waals surface area contributed by atoms with Crippen molar-refractivity contribution in [1.82, 2.24) is 0 Å². The highest BCUT2D eigenvalue weighted by atomic mass is 35.5. The summed E-state index contributed by atoms with van der Waals surface area (Å²) in [5.41, 5.74) is 2.02. The lowest BCUT2D eigenvalue weighted by molar-refractivity contribution is 0.101. The van der Waals surface area contributed by atoms with E-state index in [2.05, 4.69) is 0 Å². The maximum absolute atomic E-state index is 12.8. The van der Waals surface area contributed by atoms with Crippen LogP contribution in [0.4, 0.5) is 0 Å². The molecule has 0 saturated carbocycles. The molecule has 0 fully saturated rings. The van der Waals surface area contributed by atoms with Crippen LogP contribution >= 0.6 is 23.2 Å². The van der Waals surface area contributed by atoms with Crippen LogP contribution in [0.5, 0.6) is 23.0 Å². The summed E-state index contributed by atoms with van der Waals surface area (Å²) in [4.78, 5) is 12.8. The predicted octanol–water partition coefficient (Wildman–Crippen LogP) is 6.21. The minimum atomic E-state index is -0.212. The first-order valence-corrected chi connectivity index (χ1v) is 10.1. The maximum atomic E-state index is 12.8. The lowest BCUT2D eigenvalue weighted by Gasteiger charge is -2.10. The smallest absolute Gasteiger partial charge is 0.231 e. The number of carbonyl (C=O) groups excluding carboxylic acids is 1. The van der Waals surface area contributed by atoms with E-state index in [0.717, 1.165) is 5.56 Å². The van der Waals surface area contributed by atoms with E-state index in [9.17, 15) is 4.79 Å². The Bertz CT molecular complexity index is 1190. The second-order valence-electron chi connectivity index (χ2n) is 6.72.